The van der Waals surface area contributed by atoms with Crippen molar-refractivity contribution < 1.29 is 42.6 Å². The minimum Gasteiger partial charge on any atom is -0.480 e. The zero-order valence-electron chi connectivity index (χ0n) is 18.6. The molecule has 12 heteroatoms. The van der Waals surface area contributed by atoms with Gasteiger partial charge in [-0.25, -0.2) is 4.79 Å². The third kappa shape index (κ3) is 8.75. The highest BCUT2D eigenvalue weighted by atomic mass is 19.4. The van der Waals surface area contributed by atoms with E-state index in [1.165, 1.54) is 11.1 Å². The lowest BCUT2D eigenvalue weighted by Gasteiger charge is -2.33. The first-order valence-corrected chi connectivity index (χ1v) is 10.8. The number of nitrogens with zero attached hydrogens (tertiary/aromatic N) is 2. The van der Waals surface area contributed by atoms with E-state index < -0.39 is 18.1 Å². The minimum atomic E-state index is -5.08. The quantitative estimate of drug-likeness (QED) is 0.511. The molecule has 1 aromatic rings. The number of aliphatic carboxylic acids is 2. The van der Waals surface area contributed by atoms with Gasteiger partial charge in [-0.2, -0.15) is 13.2 Å². The molecule has 0 unspecified atom stereocenters. The second-order valence-corrected chi connectivity index (χ2v) is 8.01. The lowest BCUT2D eigenvalue weighted by Crippen LogP contribution is -2.49. The number of nitrogens with one attached hydrogen (secondary N) is 1. The summed E-state index contributed by atoms with van der Waals surface area (Å²) in [5.41, 5.74) is 3.22. The van der Waals surface area contributed by atoms with Crippen LogP contribution in [0.1, 0.15) is 34.3 Å². The van der Waals surface area contributed by atoms with Crippen molar-refractivity contribution in [3.05, 3.63) is 34.9 Å². The Bertz CT molecular complexity index is 898. The van der Waals surface area contributed by atoms with Gasteiger partial charge in [-0.05, 0) is 43.1 Å². The van der Waals surface area contributed by atoms with E-state index in [9.17, 15) is 27.6 Å². The summed E-state index contributed by atoms with van der Waals surface area (Å²) in [5.74, 6) is -3.63. The molecule has 34 heavy (non-hydrogen) atoms. The number of hydrogen-bond donors (Lipinski definition) is 3. The Balaban J connectivity index is 0.000000509. The highest BCUT2D eigenvalue weighted by Gasteiger charge is 2.38. The number of piperazine rings is 1. The molecule has 1 aromatic carbocycles. The number of alkyl halides is 3. The maximum absolute atomic E-state index is 12.5. The maximum atomic E-state index is 12.5. The van der Waals surface area contributed by atoms with Crippen LogP contribution in [0, 0.1) is 0 Å². The maximum Gasteiger partial charge on any atom is 0.490 e. The number of carboxylic acids is 2. The van der Waals surface area contributed by atoms with Gasteiger partial charge in [0.05, 0.1) is 6.54 Å². The average Bonchev–Trinajstić information content (AvgIpc) is 3.02. The average molecular weight is 487 g/mol. The molecular weight excluding hydrogens is 459 g/mol. The number of halogens is 3. The molecule has 0 bridgehead atoms. The van der Waals surface area contributed by atoms with E-state index in [4.69, 9.17) is 15.0 Å². The van der Waals surface area contributed by atoms with E-state index in [0.29, 0.717) is 31.7 Å². The van der Waals surface area contributed by atoms with Gasteiger partial charge in [0, 0.05) is 44.6 Å². The number of amides is 1. The summed E-state index contributed by atoms with van der Waals surface area (Å²) in [7, 11) is 0. The Hall–Kier alpha value is -2.99. The lowest BCUT2D eigenvalue weighted by atomic mass is 9.97. The summed E-state index contributed by atoms with van der Waals surface area (Å²) in [4.78, 5) is 48.1. The molecule has 188 valence electrons. The van der Waals surface area contributed by atoms with Crippen LogP contribution in [-0.2, 0) is 27.2 Å². The number of fused-ring (bicyclic) bond motifs is 1. The Kier molecular flexibility index (Phi) is 9.99. The van der Waals surface area contributed by atoms with Gasteiger partial charge in [-0.3, -0.25) is 19.3 Å². The van der Waals surface area contributed by atoms with E-state index in [1.54, 1.807) is 4.90 Å². The zero-order valence-corrected chi connectivity index (χ0v) is 18.6. The van der Waals surface area contributed by atoms with Crippen molar-refractivity contribution in [2.75, 3.05) is 45.8 Å². The third-order valence-corrected chi connectivity index (χ3v) is 5.56. The molecule has 1 fully saturated rings. The van der Waals surface area contributed by atoms with Gasteiger partial charge >= 0.3 is 18.1 Å². The first-order valence-electron chi connectivity index (χ1n) is 10.8. The van der Waals surface area contributed by atoms with Crippen LogP contribution in [-0.4, -0.2) is 95.6 Å². The highest BCUT2D eigenvalue weighted by molar-refractivity contribution is 5.98. The van der Waals surface area contributed by atoms with Gasteiger partial charge in [0.2, 0.25) is 5.91 Å². The van der Waals surface area contributed by atoms with E-state index in [0.717, 1.165) is 25.9 Å². The fourth-order valence-corrected chi connectivity index (χ4v) is 3.72. The smallest absolute Gasteiger partial charge is 0.480 e. The summed E-state index contributed by atoms with van der Waals surface area (Å²) >= 11 is 0. The van der Waals surface area contributed by atoms with Crippen molar-refractivity contribution >= 4 is 23.6 Å². The largest absolute Gasteiger partial charge is 0.490 e. The predicted octanol–water partition coefficient (Wildman–Crippen LogP) is 1.20. The lowest BCUT2D eigenvalue weighted by molar-refractivity contribution is -0.192. The molecule has 1 amide bonds. The third-order valence-electron chi connectivity index (χ3n) is 5.56. The summed E-state index contributed by atoms with van der Waals surface area (Å²) in [5, 5.41) is 19.3. The van der Waals surface area contributed by atoms with Gasteiger partial charge in [0.15, 0.2) is 5.78 Å². The van der Waals surface area contributed by atoms with Crippen LogP contribution in [0.25, 0.3) is 0 Å². The van der Waals surface area contributed by atoms with Crippen molar-refractivity contribution in [2.24, 2.45) is 0 Å². The second kappa shape index (κ2) is 12.5. The van der Waals surface area contributed by atoms with E-state index >= 15 is 0 Å². The van der Waals surface area contributed by atoms with Crippen LogP contribution in [0.15, 0.2) is 18.2 Å². The normalized spacial score (nSPS) is 16.5. The van der Waals surface area contributed by atoms with Crippen molar-refractivity contribution in [3.8, 4) is 0 Å². The van der Waals surface area contributed by atoms with E-state index in [2.05, 4.69) is 5.32 Å². The SMILES string of the molecule is O=C(O)C(F)(F)F.O=C(O)CN1CCN(C(=O)CCC(=O)c2ccc3c(c2)CCNCC3)CC1. The summed E-state index contributed by atoms with van der Waals surface area (Å²) in [6, 6.07) is 5.90. The fraction of sp³-hybridized carbons (Fsp3) is 0.545. The molecule has 0 aromatic heterocycles. The molecule has 9 nitrogen and oxygen atoms in total. The van der Waals surface area contributed by atoms with Gasteiger partial charge in [0.25, 0.3) is 0 Å². The number of Topliss-reactive ketones (excluding diaryl/α,β-unsaturated/α-hetero) is 1. The monoisotopic (exact) mass is 487 g/mol. The van der Waals surface area contributed by atoms with Gasteiger partial charge < -0.3 is 20.4 Å². The highest BCUT2D eigenvalue weighted by Crippen LogP contribution is 2.17. The van der Waals surface area contributed by atoms with Crippen LogP contribution in [0.5, 0.6) is 0 Å². The standard InChI is InChI=1S/C20H27N3O4.C2HF3O2/c24-18(17-2-1-15-5-7-21-8-6-16(15)13-17)3-4-19(25)23-11-9-22(10-12-23)14-20(26)27;3-2(4,5)1(6)7/h1-2,13,21H,3-12,14H2,(H,26,27);(H,6,7). The van der Waals surface area contributed by atoms with E-state index in [-0.39, 0.29) is 31.1 Å². The van der Waals surface area contributed by atoms with Crippen molar-refractivity contribution in [3.63, 3.8) is 0 Å². The summed E-state index contributed by atoms with van der Waals surface area (Å²) < 4.78 is 31.7. The van der Waals surface area contributed by atoms with Crippen molar-refractivity contribution in [1.82, 2.24) is 15.1 Å². The molecule has 0 saturated carbocycles. The Morgan fingerprint density at radius 1 is 0.912 bits per heavy atom. The first kappa shape index (κ1) is 27.3. The number of ketones is 1. The number of hydrogen-bond acceptors (Lipinski definition) is 6. The molecule has 2 aliphatic rings. The van der Waals surface area contributed by atoms with Crippen LogP contribution < -0.4 is 5.32 Å². The van der Waals surface area contributed by atoms with Gasteiger partial charge in [-0.15, -0.1) is 0 Å². The van der Waals surface area contributed by atoms with E-state index in [1.807, 2.05) is 23.1 Å². The molecule has 3 N–H and O–H groups in total. The number of benzene rings is 1. The molecule has 0 spiro atoms. The molecule has 3 rings (SSSR count). The molecule has 2 heterocycles. The summed E-state index contributed by atoms with van der Waals surface area (Å²) in [6.45, 7) is 4.06. The number of carbonyl (C=O) groups is 4. The molecular formula is C22H28F3N3O6. The Morgan fingerprint density at radius 3 is 2.06 bits per heavy atom. The molecule has 0 aliphatic carbocycles. The van der Waals surface area contributed by atoms with Crippen molar-refractivity contribution in [2.45, 2.75) is 31.9 Å². The van der Waals surface area contributed by atoms with Crippen LogP contribution >= 0.6 is 0 Å². The van der Waals surface area contributed by atoms with Gasteiger partial charge in [0.1, 0.15) is 0 Å². The zero-order chi connectivity index (χ0) is 25.3. The minimum absolute atomic E-state index is 0.00729. The summed E-state index contributed by atoms with van der Waals surface area (Å²) in [6.07, 6.45) is -2.76. The topological polar surface area (TPSA) is 127 Å². The van der Waals surface area contributed by atoms with Crippen LogP contribution in [0.3, 0.4) is 0 Å². The van der Waals surface area contributed by atoms with Crippen molar-refractivity contribution in [1.29, 1.82) is 0 Å². The predicted molar refractivity (Wildman–Crippen MR) is 115 cm³/mol. The van der Waals surface area contributed by atoms with Gasteiger partial charge in [-0.1, -0.05) is 12.1 Å². The van der Waals surface area contributed by atoms with Crippen LogP contribution in [0.2, 0.25) is 0 Å². The molecule has 0 atom stereocenters. The number of carboxylic acid groups (broad SMARTS) is 2. The Labute approximate surface area is 194 Å². The number of rotatable bonds is 6. The molecule has 0 radical (unpaired) electrons. The Morgan fingerprint density at radius 2 is 1.50 bits per heavy atom. The fourth-order valence-electron chi connectivity index (χ4n) is 3.72. The van der Waals surface area contributed by atoms with Crippen LogP contribution in [0.4, 0.5) is 13.2 Å². The first-order chi connectivity index (χ1) is 16.0. The second-order valence-electron chi connectivity index (χ2n) is 8.01. The number of carbonyl (C=O) groups excluding carboxylic acids is 2. The molecule has 1 saturated heterocycles. The molecule has 2 aliphatic heterocycles.